The molecule has 1 saturated carbocycles. The van der Waals surface area contributed by atoms with Crippen molar-refractivity contribution in [2.45, 2.75) is 104 Å². The Morgan fingerprint density at radius 2 is 1.38 bits per heavy atom. The average molecular weight is 833 g/mol. The standard InChI is InChI=1S/C48H60N6O7/c1-47(2,3)60-45(58)49-28-32-9-13-36(14-10-32)42(56)27-39(44(57)52-40-21-19-38(20-22-40)43-50-30-51-53-43)25-31-7-11-34(12-8-31)35-15-17-37(18-16-35)41(55)26-33-23-24-54(29-33)46(59)61-48(4,5)6/h7-8,11-12,15-22,32-33,36,39H,9-10,13-14,23-30H2,1-6H3,(H,49,58)(H,52,57)/t32?,33?,36?,39-/m1/s1. The van der Waals surface area contributed by atoms with Crippen LogP contribution in [0.2, 0.25) is 0 Å². The summed E-state index contributed by atoms with van der Waals surface area (Å²) in [5.74, 6) is 0.0704. The molecule has 0 radical (unpaired) electrons. The Balaban J connectivity index is 1.06. The molecule has 13 nitrogen and oxygen atoms in total. The molecule has 0 spiro atoms. The number of carbonyl (C=O) groups is 5. The van der Waals surface area contributed by atoms with Crippen molar-refractivity contribution < 1.29 is 33.4 Å². The summed E-state index contributed by atoms with van der Waals surface area (Å²) in [5, 5.41) is 13.9. The molecule has 1 saturated heterocycles. The molecular weight excluding hydrogens is 773 g/mol. The number of benzene rings is 3. The topological polar surface area (TPSA) is 168 Å². The van der Waals surface area contributed by atoms with Gasteiger partial charge in [0.05, 0.1) is 0 Å². The maximum atomic E-state index is 13.9. The Bertz CT molecular complexity index is 2090. The number of aliphatic imine (C=N–C) groups is 1. The molecule has 3 aliphatic rings. The number of azo groups is 1. The molecule has 1 unspecified atom stereocenters. The summed E-state index contributed by atoms with van der Waals surface area (Å²) >= 11 is 0. The van der Waals surface area contributed by atoms with Crippen molar-refractivity contribution in [1.29, 1.82) is 0 Å². The van der Waals surface area contributed by atoms with Gasteiger partial charge in [0.1, 0.15) is 17.0 Å². The van der Waals surface area contributed by atoms with Gasteiger partial charge in [0.25, 0.3) is 0 Å². The maximum Gasteiger partial charge on any atom is 0.410 e. The van der Waals surface area contributed by atoms with E-state index in [1.165, 1.54) is 0 Å². The molecule has 324 valence electrons. The Morgan fingerprint density at radius 1 is 0.754 bits per heavy atom. The number of Topliss-reactive ketones (excluding diaryl/α,β-unsaturated/α-hetero) is 2. The molecule has 2 aliphatic heterocycles. The highest BCUT2D eigenvalue weighted by molar-refractivity contribution is 6.01. The quantitative estimate of drug-likeness (QED) is 0.153. The zero-order chi connectivity index (χ0) is 43.7. The maximum absolute atomic E-state index is 13.9. The van der Waals surface area contributed by atoms with E-state index in [1.807, 2.05) is 102 Å². The minimum Gasteiger partial charge on any atom is -0.444 e. The number of nitrogens with zero attached hydrogens (tertiary/aromatic N) is 4. The number of ether oxygens (including phenoxy) is 2. The predicted molar refractivity (Wildman–Crippen MR) is 235 cm³/mol. The monoisotopic (exact) mass is 832 g/mol. The van der Waals surface area contributed by atoms with Crippen molar-refractivity contribution in [3.63, 3.8) is 0 Å². The Kier molecular flexibility index (Phi) is 14.5. The molecule has 6 rings (SSSR count). The third kappa shape index (κ3) is 13.4. The van der Waals surface area contributed by atoms with Gasteiger partial charge in [-0.1, -0.05) is 48.5 Å². The molecule has 3 amide bonds. The first-order chi connectivity index (χ1) is 29.0. The van der Waals surface area contributed by atoms with Crippen molar-refractivity contribution in [3.8, 4) is 11.1 Å². The van der Waals surface area contributed by atoms with Crippen LogP contribution in [-0.4, -0.2) is 77.9 Å². The predicted octanol–water partition coefficient (Wildman–Crippen LogP) is 9.44. The first-order valence-corrected chi connectivity index (χ1v) is 21.5. The lowest BCUT2D eigenvalue weighted by molar-refractivity contribution is -0.129. The van der Waals surface area contributed by atoms with E-state index in [1.54, 1.807) is 17.0 Å². The van der Waals surface area contributed by atoms with Gasteiger partial charge in [0.2, 0.25) is 5.91 Å². The lowest BCUT2D eigenvalue weighted by Gasteiger charge is -2.29. The third-order valence-electron chi connectivity index (χ3n) is 11.3. The molecule has 2 heterocycles. The van der Waals surface area contributed by atoms with E-state index >= 15 is 0 Å². The van der Waals surface area contributed by atoms with Gasteiger partial charge in [-0.25, -0.2) is 14.6 Å². The van der Waals surface area contributed by atoms with Crippen molar-refractivity contribution in [2.75, 3.05) is 31.6 Å². The van der Waals surface area contributed by atoms with Gasteiger partial charge in [0.15, 0.2) is 18.3 Å². The second kappa shape index (κ2) is 19.8. The van der Waals surface area contributed by atoms with Crippen LogP contribution in [-0.2, 0) is 25.5 Å². The molecule has 0 bridgehead atoms. The smallest absolute Gasteiger partial charge is 0.410 e. The van der Waals surface area contributed by atoms with Gasteiger partial charge >= 0.3 is 12.2 Å². The highest BCUT2D eigenvalue weighted by Gasteiger charge is 2.32. The highest BCUT2D eigenvalue weighted by atomic mass is 16.6. The number of alkyl carbamates (subject to hydrolysis) is 1. The van der Waals surface area contributed by atoms with Gasteiger partial charge in [-0.3, -0.25) is 14.4 Å². The molecule has 2 fully saturated rings. The van der Waals surface area contributed by atoms with E-state index in [2.05, 4.69) is 25.9 Å². The summed E-state index contributed by atoms with van der Waals surface area (Å²) in [4.78, 5) is 71.6. The summed E-state index contributed by atoms with van der Waals surface area (Å²) < 4.78 is 10.9. The van der Waals surface area contributed by atoms with E-state index in [-0.39, 0.29) is 47.7 Å². The van der Waals surface area contributed by atoms with Crippen LogP contribution >= 0.6 is 0 Å². The molecule has 61 heavy (non-hydrogen) atoms. The van der Waals surface area contributed by atoms with Crippen LogP contribution in [0.5, 0.6) is 0 Å². The van der Waals surface area contributed by atoms with Crippen LogP contribution in [0.3, 0.4) is 0 Å². The molecule has 2 N–H and O–H groups in total. The highest BCUT2D eigenvalue weighted by Crippen LogP contribution is 2.32. The van der Waals surface area contributed by atoms with E-state index in [0.29, 0.717) is 69.1 Å². The van der Waals surface area contributed by atoms with Crippen LogP contribution in [0, 0.1) is 23.7 Å². The van der Waals surface area contributed by atoms with Crippen molar-refractivity contribution in [1.82, 2.24) is 10.2 Å². The lowest BCUT2D eigenvalue weighted by atomic mass is 9.77. The van der Waals surface area contributed by atoms with Gasteiger partial charge in [0, 0.05) is 61.1 Å². The second-order valence-electron chi connectivity index (χ2n) is 18.6. The summed E-state index contributed by atoms with van der Waals surface area (Å²) in [6.45, 7) is 12.9. The van der Waals surface area contributed by atoms with E-state index in [4.69, 9.17) is 9.47 Å². The van der Waals surface area contributed by atoms with Gasteiger partial charge < -0.3 is 25.0 Å². The summed E-state index contributed by atoms with van der Waals surface area (Å²) in [5.41, 5.74) is 3.77. The van der Waals surface area contributed by atoms with Crippen molar-refractivity contribution >= 4 is 41.2 Å². The van der Waals surface area contributed by atoms with Gasteiger partial charge in [-0.05, 0) is 133 Å². The number of amidine groups is 1. The third-order valence-corrected chi connectivity index (χ3v) is 11.3. The SMILES string of the molecule is CC(C)(C)OC(=O)NCC1CCC(C(=O)C[C@@H](Cc2ccc(-c3ccc(C(=O)CC4CCN(C(=O)OC(C)(C)C)C4)cc3)cc2)C(=O)Nc2ccc(C3=NCN=N3)cc2)CC1. The molecular formula is C48H60N6O7. The van der Waals surface area contributed by atoms with E-state index in [9.17, 15) is 24.0 Å². The fourth-order valence-electron chi connectivity index (χ4n) is 8.06. The molecule has 3 aromatic carbocycles. The molecule has 13 heteroatoms. The Hall–Kier alpha value is -5.72. The van der Waals surface area contributed by atoms with Gasteiger partial charge in [-0.2, -0.15) is 5.11 Å². The lowest BCUT2D eigenvalue weighted by Crippen LogP contribution is -2.37. The number of anilines is 1. The van der Waals surface area contributed by atoms with Crippen molar-refractivity contribution in [2.24, 2.45) is 38.9 Å². The molecule has 2 atom stereocenters. The summed E-state index contributed by atoms with van der Waals surface area (Å²) in [6, 6.07) is 22.8. The van der Waals surface area contributed by atoms with Crippen molar-refractivity contribution in [3.05, 3.63) is 89.5 Å². The van der Waals surface area contributed by atoms with E-state index < -0.39 is 23.2 Å². The fraction of sp³-hybridized carbons (Fsp3) is 0.500. The summed E-state index contributed by atoms with van der Waals surface area (Å²) in [7, 11) is 0. The van der Waals surface area contributed by atoms with Crippen LogP contribution in [0.4, 0.5) is 15.3 Å². The zero-order valence-electron chi connectivity index (χ0n) is 36.4. The first-order valence-electron chi connectivity index (χ1n) is 21.5. The number of rotatable bonds is 14. The minimum absolute atomic E-state index is 0.0469. The molecule has 1 aliphatic carbocycles. The van der Waals surface area contributed by atoms with Crippen LogP contribution in [0.1, 0.15) is 108 Å². The number of likely N-dealkylation sites (tertiary alicyclic amines) is 1. The first kappa shape index (κ1) is 44.8. The largest absolute Gasteiger partial charge is 0.444 e. The Morgan fingerprint density at radius 3 is 1.98 bits per heavy atom. The normalized spacial score (nSPS) is 19.5. The van der Waals surface area contributed by atoms with Gasteiger partial charge in [-0.15, -0.1) is 5.11 Å². The minimum atomic E-state index is -0.598. The second-order valence-corrected chi connectivity index (χ2v) is 18.6. The van der Waals surface area contributed by atoms with Crippen LogP contribution in [0.25, 0.3) is 11.1 Å². The molecule has 0 aromatic heterocycles. The molecule has 3 aromatic rings. The number of hydrogen-bond donors (Lipinski definition) is 2. The number of nitrogens with one attached hydrogen (secondary N) is 2. The summed E-state index contributed by atoms with van der Waals surface area (Å²) in [6.07, 6.45) is 3.90. The number of hydrogen-bond acceptors (Lipinski definition) is 10. The van der Waals surface area contributed by atoms with Crippen LogP contribution < -0.4 is 10.6 Å². The number of amides is 3. The van der Waals surface area contributed by atoms with Crippen LogP contribution in [0.15, 0.2) is 88.0 Å². The fourth-order valence-corrected chi connectivity index (χ4v) is 8.06. The Labute approximate surface area is 359 Å². The number of ketones is 2. The number of carbonyl (C=O) groups excluding carboxylic acids is 5. The average Bonchev–Trinajstić information content (AvgIpc) is 3.93. The zero-order valence-corrected chi connectivity index (χ0v) is 36.4. The van der Waals surface area contributed by atoms with E-state index in [0.717, 1.165) is 41.5 Å².